The van der Waals surface area contributed by atoms with Gasteiger partial charge in [0, 0.05) is 23.0 Å². The molecule has 7 heteroatoms. The van der Waals surface area contributed by atoms with Crippen molar-refractivity contribution < 1.29 is 19.5 Å². The molecule has 0 heterocycles. The van der Waals surface area contributed by atoms with E-state index in [2.05, 4.69) is 10.6 Å². The summed E-state index contributed by atoms with van der Waals surface area (Å²) in [7, 11) is 0. The summed E-state index contributed by atoms with van der Waals surface area (Å²) in [5, 5.41) is 14.1. The van der Waals surface area contributed by atoms with Gasteiger partial charge in [0.05, 0.1) is 6.54 Å². The molecule has 1 unspecified atom stereocenters. The molecule has 0 aliphatic rings. The summed E-state index contributed by atoms with van der Waals surface area (Å²) < 4.78 is 0. The molecule has 1 atom stereocenters. The van der Waals surface area contributed by atoms with Crippen LogP contribution < -0.4 is 10.6 Å². The highest BCUT2D eigenvalue weighted by molar-refractivity contribution is 6.30. The minimum absolute atomic E-state index is 0.0175. The summed E-state index contributed by atoms with van der Waals surface area (Å²) in [5.74, 6) is -1.68. The molecule has 3 N–H and O–H groups in total. The molecular weight excluding hydrogens is 296 g/mol. The lowest BCUT2D eigenvalue weighted by Gasteiger charge is -2.13. The summed E-state index contributed by atoms with van der Waals surface area (Å²) >= 11 is 5.77. The number of benzene rings is 1. The molecule has 1 aromatic rings. The van der Waals surface area contributed by atoms with Gasteiger partial charge in [-0.05, 0) is 31.5 Å². The third-order valence-corrected chi connectivity index (χ3v) is 2.93. The van der Waals surface area contributed by atoms with Gasteiger partial charge < -0.3 is 15.7 Å². The Morgan fingerprint density at radius 1 is 1.33 bits per heavy atom. The van der Waals surface area contributed by atoms with Crippen LogP contribution in [0.25, 0.3) is 0 Å². The third-order valence-electron chi connectivity index (χ3n) is 2.69. The molecule has 0 radical (unpaired) electrons. The van der Waals surface area contributed by atoms with E-state index in [4.69, 9.17) is 16.7 Å². The van der Waals surface area contributed by atoms with Gasteiger partial charge in [-0.2, -0.15) is 0 Å². The van der Waals surface area contributed by atoms with Crippen molar-refractivity contribution >= 4 is 29.4 Å². The lowest BCUT2D eigenvalue weighted by molar-refractivity contribution is -0.137. The predicted molar refractivity (Wildman–Crippen MR) is 78.3 cm³/mol. The summed E-state index contributed by atoms with van der Waals surface area (Å²) in [4.78, 5) is 33.8. The molecule has 0 saturated heterocycles. The van der Waals surface area contributed by atoms with Crippen LogP contribution in [0.15, 0.2) is 24.3 Å². The normalized spacial score (nSPS) is 11.5. The van der Waals surface area contributed by atoms with Crippen molar-refractivity contribution in [3.8, 4) is 0 Å². The van der Waals surface area contributed by atoms with Crippen molar-refractivity contribution in [2.45, 2.75) is 25.8 Å². The minimum Gasteiger partial charge on any atom is -0.481 e. The highest BCUT2D eigenvalue weighted by atomic mass is 35.5. The molecule has 0 aromatic heterocycles. The number of hydrogen-bond acceptors (Lipinski definition) is 3. The maximum atomic E-state index is 11.8. The van der Waals surface area contributed by atoms with Gasteiger partial charge in [0.25, 0.3) is 5.91 Å². The van der Waals surface area contributed by atoms with Crippen LogP contribution in [0, 0.1) is 0 Å². The van der Waals surface area contributed by atoms with E-state index in [0.29, 0.717) is 17.0 Å². The highest BCUT2D eigenvalue weighted by Crippen LogP contribution is 2.10. The lowest BCUT2D eigenvalue weighted by atomic mass is 10.2. The average molecular weight is 313 g/mol. The van der Waals surface area contributed by atoms with E-state index in [1.54, 1.807) is 25.1 Å². The van der Waals surface area contributed by atoms with Gasteiger partial charge in [0.1, 0.15) is 0 Å². The summed E-state index contributed by atoms with van der Waals surface area (Å²) in [6.07, 6.45) is 0.319. The smallest absolute Gasteiger partial charge is 0.303 e. The Balaban J connectivity index is 2.35. The first kappa shape index (κ1) is 17.0. The molecule has 114 valence electrons. The standard InChI is InChI=1S/C14H17ClN2O4/c1-9(5-6-13(19)20)17-12(18)8-16-14(21)10-3-2-4-11(15)7-10/h2-4,7,9H,5-6,8H2,1H3,(H,16,21)(H,17,18)(H,19,20). The second-order valence-corrected chi connectivity index (χ2v) is 5.03. The Morgan fingerprint density at radius 2 is 2.05 bits per heavy atom. The number of halogens is 1. The fourth-order valence-electron chi connectivity index (χ4n) is 1.63. The van der Waals surface area contributed by atoms with Gasteiger partial charge >= 0.3 is 5.97 Å². The first-order chi connectivity index (χ1) is 9.88. The van der Waals surface area contributed by atoms with Crippen LogP contribution in [0.3, 0.4) is 0 Å². The van der Waals surface area contributed by atoms with Crippen molar-refractivity contribution in [3.63, 3.8) is 0 Å². The fraction of sp³-hybridized carbons (Fsp3) is 0.357. The molecule has 1 aromatic carbocycles. The van der Waals surface area contributed by atoms with E-state index in [1.807, 2.05) is 0 Å². The maximum Gasteiger partial charge on any atom is 0.303 e. The van der Waals surface area contributed by atoms with E-state index >= 15 is 0 Å². The number of hydrogen-bond donors (Lipinski definition) is 3. The Labute approximate surface area is 127 Å². The zero-order valence-electron chi connectivity index (χ0n) is 11.6. The Hall–Kier alpha value is -2.08. The van der Waals surface area contributed by atoms with Crippen LogP contribution in [0.4, 0.5) is 0 Å². The number of aliphatic carboxylic acids is 1. The molecule has 1 rings (SSSR count). The van der Waals surface area contributed by atoms with Crippen molar-refractivity contribution in [3.05, 3.63) is 34.9 Å². The molecule has 0 bridgehead atoms. The summed E-state index contributed by atoms with van der Waals surface area (Å²) in [6.45, 7) is 1.53. The largest absolute Gasteiger partial charge is 0.481 e. The lowest BCUT2D eigenvalue weighted by Crippen LogP contribution is -2.41. The summed E-state index contributed by atoms with van der Waals surface area (Å²) in [6, 6.07) is 6.12. The van der Waals surface area contributed by atoms with Crippen molar-refractivity contribution in [1.29, 1.82) is 0 Å². The molecule has 0 fully saturated rings. The van der Waals surface area contributed by atoms with Gasteiger partial charge in [0.15, 0.2) is 0 Å². The Kier molecular flexibility index (Phi) is 6.68. The van der Waals surface area contributed by atoms with Gasteiger partial charge in [-0.15, -0.1) is 0 Å². The van der Waals surface area contributed by atoms with Crippen LogP contribution in [-0.2, 0) is 9.59 Å². The SMILES string of the molecule is CC(CCC(=O)O)NC(=O)CNC(=O)c1cccc(Cl)c1. The van der Waals surface area contributed by atoms with E-state index in [0.717, 1.165) is 0 Å². The minimum atomic E-state index is -0.912. The molecule has 0 spiro atoms. The van der Waals surface area contributed by atoms with Crippen molar-refractivity contribution in [1.82, 2.24) is 10.6 Å². The molecule has 2 amide bonds. The van der Waals surface area contributed by atoms with Crippen LogP contribution in [0.5, 0.6) is 0 Å². The fourth-order valence-corrected chi connectivity index (χ4v) is 1.82. The number of nitrogens with one attached hydrogen (secondary N) is 2. The third kappa shape index (κ3) is 6.76. The van der Waals surface area contributed by atoms with Crippen LogP contribution in [0.2, 0.25) is 5.02 Å². The Bertz CT molecular complexity index is 533. The number of carboxylic acids is 1. The molecule has 6 nitrogen and oxygen atoms in total. The number of carbonyl (C=O) groups is 3. The van der Waals surface area contributed by atoms with Gasteiger partial charge in [0.2, 0.25) is 5.91 Å². The van der Waals surface area contributed by atoms with E-state index in [9.17, 15) is 14.4 Å². The van der Waals surface area contributed by atoms with Crippen molar-refractivity contribution in [2.75, 3.05) is 6.54 Å². The van der Waals surface area contributed by atoms with E-state index < -0.39 is 11.9 Å². The van der Waals surface area contributed by atoms with Crippen LogP contribution in [0.1, 0.15) is 30.1 Å². The van der Waals surface area contributed by atoms with E-state index in [-0.39, 0.29) is 24.9 Å². The zero-order chi connectivity index (χ0) is 15.8. The second-order valence-electron chi connectivity index (χ2n) is 4.59. The zero-order valence-corrected chi connectivity index (χ0v) is 12.3. The van der Waals surface area contributed by atoms with Gasteiger partial charge in [-0.25, -0.2) is 0 Å². The van der Waals surface area contributed by atoms with Gasteiger partial charge in [-0.1, -0.05) is 17.7 Å². The molecule has 0 aliphatic heterocycles. The molecular formula is C14H17ClN2O4. The first-order valence-electron chi connectivity index (χ1n) is 6.43. The molecule has 21 heavy (non-hydrogen) atoms. The number of carbonyl (C=O) groups excluding carboxylic acids is 2. The topological polar surface area (TPSA) is 95.5 Å². The predicted octanol–water partition coefficient (Wildman–Crippen LogP) is 1.44. The monoisotopic (exact) mass is 312 g/mol. The average Bonchev–Trinajstić information content (AvgIpc) is 2.42. The van der Waals surface area contributed by atoms with E-state index in [1.165, 1.54) is 6.07 Å². The highest BCUT2D eigenvalue weighted by Gasteiger charge is 2.11. The van der Waals surface area contributed by atoms with Crippen LogP contribution >= 0.6 is 11.6 Å². The van der Waals surface area contributed by atoms with Gasteiger partial charge in [-0.3, -0.25) is 14.4 Å². The first-order valence-corrected chi connectivity index (χ1v) is 6.81. The van der Waals surface area contributed by atoms with Crippen molar-refractivity contribution in [2.24, 2.45) is 0 Å². The number of rotatable bonds is 7. The maximum absolute atomic E-state index is 11.8. The molecule has 0 saturated carbocycles. The summed E-state index contributed by atoms with van der Waals surface area (Å²) in [5.41, 5.74) is 0.370. The number of carboxylic acid groups (broad SMARTS) is 1. The molecule has 0 aliphatic carbocycles. The second kappa shape index (κ2) is 8.26. The quantitative estimate of drug-likeness (QED) is 0.710. The van der Waals surface area contributed by atoms with Crippen LogP contribution in [-0.4, -0.2) is 35.5 Å². The Morgan fingerprint density at radius 3 is 2.67 bits per heavy atom. The number of amides is 2.